The Bertz CT molecular complexity index is 988. The van der Waals surface area contributed by atoms with Crippen molar-refractivity contribution in [3.05, 3.63) is 68.7 Å². The number of carbonyl (C=O) groups excluding carboxylic acids is 1. The van der Waals surface area contributed by atoms with Crippen molar-refractivity contribution in [2.24, 2.45) is 0 Å². The van der Waals surface area contributed by atoms with E-state index >= 15 is 0 Å². The number of H-pyrrole nitrogens is 2. The van der Waals surface area contributed by atoms with Crippen LogP contribution in [0.25, 0.3) is 10.9 Å². The van der Waals surface area contributed by atoms with E-state index in [1.54, 1.807) is 18.2 Å². The number of para-hydroxylation sites is 1. The maximum atomic E-state index is 12.3. The van der Waals surface area contributed by atoms with Gasteiger partial charge in [-0.25, -0.2) is 0 Å². The molecule has 1 amide bonds. The highest BCUT2D eigenvalue weighted by Crippen LogP contribution is 2.16. The van der Waals surface area contributed by atoms with Gasteiger partial charge in [0.1, 0.15) is 0 Å². The molecule has 0 saturated heterocycles. The summed E-state index contributed by atoms with van der Waals surface area (Å²) in [6.45, 7) is 1.92. The summed E-state index contributed by atoms with van der Waals surface area (Å²) in [7, 11) is 0. The van der Waals surface area contributed by atoms with Crippen LogP contribution in [0.2, 0.25) is 0 Å². The number of amides is 1. The van der Waals surface area contributed by atoms with Crippen molar-refractivity contribution in [3.63, 3.8) is 0 Å². The number of anilines is 1. The molecule has 0 radical (unpaired) electrons. The zero-order chi connectivity index (χ0) is 15.7. The fourth-order valence-corrected chi connectivity index (χ4v) is 2.42. The minimum Gasteiger partial charge on any atom is -0.332 e. The van der Waals surface area contributed by atoms with E-state index in [4.69, 9.17) is 12.2 Å². The summed E-state index contributed by atoms with van der Waals surface area (Å²) in [5.41, 5.74) is 2.45. The predicted octanol–water partition coefficient (Wildman–Crippen LogP) is 3.15. The molecule has 0 unspecified atom stereocenters. The second-order valence-corrected chi connectivity index (χ2v) is 5.35. The van der Waals surface area contributed by atoms with Gasteiger partial charge in [-0.1, -0.05) is 18.2 Å². The highest BCUT2D eigenvalue weighted by molar-refractivity contribution is 7.71. The smallest absolute Gasteiger partial charge is 0.259 e. The molecule has 3 N–H and O–H groups in total. The molecule has 0 aliphatic carbocycles. The summed E-state index contributed by atoms with van der Waals surface area (Å²) >= 11 is 4.95. The molecule has 0 aliphatic heterocycles. The van der Waals surface area contributed by atoms with Gasteiger partial charge < -0.3 is 10.3 Å². The van der Waals surface area contributed by atoms with Gasteiger partial charge >= 0.3 is 0 Å². The molecule has 5 nitrogen and oxygen atoms in total. The minimum absolute atomic E-state index is 0.231. The highest BCUT2D eigenvalue weighted by Gasteiger charge is 2.09. The Hall–Kier alpha value is -2.73. The van der Waals surface area contributed by atoms with Gasteiger partial charge in [0.05, 0.1) is 10.9 Å². The Morgan fingerprint density at radius 2 is 1.91 bits per heavy atom. The average molecular weight is 311 g/mol. The van der Waals surface area contributed by atoms with Crippen molar-refractivity contribution in [2.45, 2.75) is 6.92 Å². The first-order valence-corrected chi connectivity index (χ1v) is 7.09. The normalized spacial score (nSPS) is 10.6. The van der Waals surface area contributed by atoms with Crippen LogP contribution in [-0.2, 0) is 0 Å². The van der Waals surface area contributed by atoms with E-state index in [0.29, 0.717) is 16.5 Å². The first-order chi connectivity index (χ1) is 10.5. The predicted molar refractivity (Wildman–Crippen MR) is 88.9 cm³/mol. The van der Waals surface area contributed by atoms with E-state index < -0.39 is 0 Å². The number of hydrogen-bond acceptors (Lipinski definition) is 3. The van der Waals surface area contributed by atoms with E-state index in [1.807, 2.05) is 31.2 Å². The van der Waals surface area contributed by atoms with Gasteiger partial charge in [-0.05, 0) is 49.0 Å². The third-order valence-corrected chi connectivity index (χ3v) is 3.60. The van der Waals surface area contributed by atoms with Gasteiger partial charge in [0.15, 0.2) is 4.77 Å². The van der Waals surface area contributed by atoms with Crippen molar-refractivity contribution in [2.75, 3.05) is 5.32 Å². The number of aryl methyl sites for hydroxylation is 1. The molecule has 0 aliphatic rings. The Morgan fingerprint density at radius 1 is 1.14 bits per heavy atom. The van der Waals surface area contributed by atoms with Crippen LogP contribution >= 0.6 is 12.2 Å². The molecule has 6 heteroatoms. The average Bonchev–Trinajstić information content (AvgIpc) is 2.48. The van der Waals surface area contributed by atoms with Crippen LogP contribution in [0.4, 0.5) is 5.69 Å². The number of nitrogens with one attached hydrogen (secondary N) is 3. The van der Waals surface area contributed by atoms with Gasteiger partial charge in [-0.15, -0.1) is 0 Å². The molecule has 0 spiro atoms. The zero-order valence-electron chi connectivity index (χ0n) is 11.8. The Balaban J connectivity index is 2.00. The van der Waals surface area contributed by atoms with Crippen molar-refractivity contribution >= 4 is 34.7 Å². The lowest BCUT2D eigenvalue weighted by Crippen LogP contribution is -2.14. The molecular weight excluding hydrogens is 298 g/mol. The molecular formula is C16H13N3O2S. The van der Waals surface area contributed by atoms with E-state index in [-0.39, 0.29) is 16.2 Å². The summed E-state index contributed by atoms with van der Waals surface area (Å²) < 4.78 is 0.231. The number of rotatable bonds is 2. The lowest BCUT2D eigenvalue weighted by Gasteiger charge is -2.08. The molecule has 22 heavy (non-hydrogen) atoms. The van der Waals surface area contributed by atoms with Crippen LogP contribution in [0.1, 0.15) is 15.9 Å². The molecule has 2 aromatic carbocycles. The zero-order valence-corrected chi connectivity index (χ0v) is 12.6. The number of hydrogen-bond donors (Lipinski definition) is 3. The summed E-state index contributed by atoms with van der Waals surface area (Å²) in [5, 5.41) is 3.31. The second kappa shape index (κ2) is 5.57. The SMILES string of the molecule is Cc1ccccc1NC(=O)c1ccc2c(=O)[nH]c(=S)[nH]c2c1. The Labute approximate surface area is 131 Å². The minimum atomic E-state index is -0.274. The Kier molecular flexibility index (Phi) is 3.60. The number of carbonyl (C=O) groups is 1. The number of benzene rings is 2. The Morgan fingerprint density at radius 3 is 2.68 bits per heavy atom. The summed E-state index contributed by atoms with van der Waals surface area (Å²) in [6, 6.07) is 12.4. The monoisotopic (exact) mass is 311 g/mol. The number of fused-ring (bicyclic) bond motifs is 1. The maximum absolute atomic E-state index is 12.3. The van der Waals surface area contributed by atoms with Crippen molar-refractivity contribution in [1.29, 1.82) is 0 Å². The van der Waals surface area contributed by atoms with Gasteiger partial charge in [-0.3, -0.25) is 14.6 Å². The van der Waals surface area contributed by atoms with E-state index in [0.717, 1.165) is 11.3 Å². The van der Waals surface area contributed by atoms with Crippen LogP contribution in [0, 0.1) is 11.7 Å². The largest absolute Gasteiger partial charge is 0.332 e. The third kappa shape index (κ3) is 2.68. The second-order valence-electron chi connectivity index (χ2n) is 4.94. The first-order valence-electron chi connectivity index (χ1n) is 6.68. The fourth-order valence-electron chi connectivity index (χ4n) is 2.22. The van der Waals surface area contributed by atoms with E-state index in [9.17, 15) is 9.59 Å². The maximum Gasteiger partial charge on any atom is 0.259 e. The summed E-state index contributed by atoms with van der Waals surface area (Å²) in [6.07, 6.45) is 0. The van der Waals surface area contributed by atoms with Crippen molar-refractivity contribution in [1.82, 2.24) is 9.97 Å². The summed E-state index contributed by atoms with van der Waals surface area (Å²) in [5.74, 6) is -0.240. The van der Waals surface area contributed by atoms with Crippen LogP contribution < -0.4 is 10.9 Å². The fraction of sp³-hybridized carbons (Fsp3) is 0.0625. The number of aromatic amines is 2. The van der Waals surface area contributed by atoms with Gasteiger partial charge in [0, 0.05) is 11.3 Å². The van der Waals surface area contributed by atoms with Crippen molar-refractivity contribution < 1.29 is 4.79 Å². The molecule has 3 rings (SSSR count). The molecule has 0 atom stereocenters. The highest BCUT2D eigenvalue weighted by atomic mass is 32.1. The summed E-state index contributed by atoms with van der Waals surface area (Å²) in [4.78, 5) is 29.5. The standard InChI is InChI=1S/C16H13N3O2S/c1-9-4-2-3-5-12(9)17-14(20)10-6-7-11-13(8-10)18-16(22)19-15(11)21/h2-8H,1H3,(H,17,20)(H2,18,19,21,22). The van der Waals surface area contributed by atoms with Crippen LogP contribution in [0.5, 0.6) is 0 Å². The van der Waals surface area contributed by atoms with Crippen LogP contribution in [-0.4, -0.2) is 15.9 Å². The van der Waals surface area contributed by atoms with Gasteiger partial charge in [0.2, 0.25) is 0 Å². The van der Waals surface area contributed by atoms with Crippen LogP contribution in [0.15, 0.2) is 47.3 Å². The molecule has 110 valence electrons. The molecule has 0 saturated carbocycles. The molecule has 3 aromatic rings. The topological polar surface area (TPSA) is 77.8 Å². The lowest BCUT2D eigenvalue weighted by molar-refractivity contribution is 0.102. The first kappa shape index (κ1) is 14.2. The molecule has 0 bridgehead atoms. The van der Waals surface area contributed by atoms with E-state index in [1.165, 1.54) is 0 Å². The number of aromatic nitrogens is 2. The van der Waals surface area contributed by atoms with E-state index in [2.05, 4.69) is 15.3 Å². The molecule has 1 aromatic heterocycles. The van der Waals surface area contributed by atoms with Gasteiger partial charge in [-0.2, -0.15) is 0 Å². The van der Waals surface area contributed by atoms with Gasteiger partial charge in [0.25, 0.3) is 11.5 Å². The quantitative estimate of drug-likeness (QED) is 0.636. The molecule has 1 heterocycles. The lowest BCUT2D eigenvalue weighted by atomic mass is 10.1. The third-order valence-electron chi connectivity index (χ3n) is 3.39. The molecule has 0 fully saturated rings. The van der Waals surface area contributed by atoms with Crippen LogP contribution in [0.3, 0.4) is 0 Å². The van der Waals surface area contributed by atoms with Crippen molar-refractivity contribution in [3.8, 4) is 0 Å².